The first-order valence-corrected chi connectivity index (χ1v) is 14.6. The molecule has 45 heavy (non-hydrogen) atoms. The number of H-pyrrole nitrogens is 1. The second-order valence-corrected chi connectivity index (χ2v) is 11.5. The van der Waals surface area contributed by atoms with Gasteiger partial charge < -0.3 is 9.82 Å². The molecule has 0 bridgehead atoms. The van der Waals surface area contributed by atoms with Crippen LogP contribution in [0.5, 0.6) is 0 Å². The maximum atomic E-state index is 14.0. The molecule has 0 radical (unpaired) electrons. The highest BCUT2D eigenvalue weighted by molar-refractivity contribution is 7.92. The number of aromatic nitrogens is 5. The number of alkyl halides is 3. The topological polar surface area (TPSA) is 147 Å². The molecule has 3 heterocycles. The van der Waals surface area contributed by atoms with Gasteiger partial charge >= 0.3 is 12.1 Å². The summed E-state index contributed by atoms with van der Waals surface area (Å²) in [4.78, 5) is 27.5. The summed E-state index contributed by atoms with van der Waals surface area (Å²) in [6.45, 7) is 0. The first kappa shape index (κ1) is 29.3. The summed E-state index contributed by atoms with van der Waals surface area (Å²) < 4.78 is 69.4. The molecule has 0 spiro atoms. The van der Waals surface area contributed by atoms with Crippen molar-refractivity contribution in [2.45, 2.75) is 23.5 Å². The van der Waals surface area contributed by atoms with Crippen LogP contribution in [-0.2, 0) is 19.7 Å². The number of rotatable bonds is 8. The number of nitrogens with zero attached hydrogens (tertiary/aromatic N) is 6. The molecule has 6 rings (SSSR count). The maximum Gasteiger partial charge on any atom is 0.493 e. The van der Waals surface area contributed by atoms with Gasteiger partial charge in [-0.3, -0.25) is 4.68 Å². The van der Waals surface area contributed by atoms with Gasteiger partial charge in [0.15, 0.2) is 0 Å². The Labute approximate surface area is 253 Å². The number of aromatic amines is 1. The summed E-state index contributed by atoms with van der Waals surface area (Å²) in [6.07, 6.45) is 0.671. The average Bonchev–Trinajstić information content (AvgIpc) is 3.72. The van der Waals surface area contributed by atoms with Gasteiger partial charge in [-0.25, -0.2) is 14.8 Å². The normalized spacial score (nSPS) is 12.6. The number of nitriles is 1. The predicted molar refractivity (Wildman–Crippen MR) is 156 cm³/mol. The molecule has 0 fully saturated rings. The van der Waals surface area contributed by atoms with E-state index >= 15 is 0 Å². The molecule has 1 N–H and O–H groups in total. The van der Waals surface area contributed by atoms with E-state index in [1.54, 1.807) is 55.0 Å². The van der Waals surface area contributed by atoms with Crippen molar-refractivity contribution < 1.29 is 31.2 Å². The minimum absolute atomic E-state index is 0.0210. The van der Waals surface area contributed by atoms with Gasteiger partial charge in [0.2, 0.25) is 0 Å². The van der Waals surface area contributed by atoms with Crippen LogP contribution in [0.1, 0.15) is 18.0 Å². The average molecular weight is 632 g/mol. The zero-order chi connectivity index (χ0) is 31.8. The van der Waals surface area contributed by atoms with Gasteiger partial charge in [0.05, 0.1) is 35.3 Å². The molecule has 0 aliphatic heterocycles. The predicted octanol–water partition coefficient (Wildman–Crippen LogP) is 5.69. The van der Waals surface area contributed by atoms with Gasteiger partial charge in [-0.05, 0) is 35.2 Å². The number of anilines is 1. The van der Waals surface area contributed by atoms with E-state index in [1.165, 1.54) is 41.3 Å². The number of hydrogen-bond donors (Lipinski definition) is 1. The molecule has 1 atom stereocenters. The van der Waals surface area contributed by atoms with E-state index in [4.69, 9.17) is 0 Å². The third kappa shape index (κ3) is 5.54. The number of benzene rings is 3. The first-order valence-electron chi connectivity index (χ1n) is 13.2. The Bertz CT molecular complexity index is 2200. The van der Waals surface area contributed by atoms with Crippen molar-refractivity contribution >= 4 is 43.5 Å². The van der Waals surface area contributed by atoms with Gasteiger partial charge in [-0.1, -0.05) is 53.0 Å². The molecule has 3 aromatic heterocycles. The number of halogens is 3. The monoisotopic (exact) mass is 631 g/mol. The van der Waals surface area contributed by atoms with E-state index in [1.807, 2.05) is 0 Å². The summed E-state index contributed by atoms with van der Waals surface area (Å²) in [5.41, 5.74) is 1.80. The second-order valence-electron chi connectivity index (χ2n) is 9.73. The third-order valence-corrected chi connectivity index (χ3v) is 8.51. The fourth-order valence-electron chi connectivity index (χ4n) is 4.88. The van der Waals surface area contributed by atoms with Crippen LogP contribution < -0.4 is 4.47 Å². The lowest BCUT2D eigenvalue weighted by atomic mass is 10.0. The Morgan fingerprint density at radius 2 is 1.82 bits per heavy atom. The van der Waals surface area contributed by atoms with E-state index in [9.17, 15) is 31.6 Å². The summed E-state index contributed by atoms with van der Waals surface area (Å²) >= 11 is 0. The van der Waals surface area contributed by atoms with Gasteiger partial charge in [0.25, 0.3) is 10.0 Å². The SMILES string of the molecule is N#CCC(c1cccc(S(=O)(=O)N(OC(=O)C(F)(F)F)c2cccc3ccccc23)c1)n1cc(-c2ncnc3[nH]ccc23)cn1. The molecule has 15 heteroatoms. The zero-order valence-corrected chi connectivity index (χ0v) is 23.7. The van der Waals surface area contributed by atoms with Crippen molar-refractivity contribution in [1.82, 2.24) is 24.7 Å². The van der Waals surface area contributed by atoms with E-state index in [2.05, 4.69) is 31.0 Å². The van der Waals surface area contributed by atoms with Gasteiger partial charge in [0.1, 0.15) is 17.7 Å². The highest BCUT2D eigenvalue weighted by Gasteiger charge is 2.45. The number of carbonyl (C=O) groups excluding carboxylic acids is 1. The van der Waals surface area contributed by atoms with Crippen LogP contribution in [0, 0.1) is 11.3 Å². The van der Waals surface area contributed by atoms with E-state index in [-0.39, 0.29) is 22.0 Å². The first-order chi connectivity index (χ1) is 21.6. The second kappa shape index (κ2) is 11.4. The van der Waals surface area contributed by atoms with Crippen molar-refractivity contribution in [3.05, 3.63) is 103 Å². The van der Waals surface area contributed by atoms with Crippen LogP contribution in [0.2, 0.25) is 0 Å². The lowest BCUT2D eigenvalue weighted by Crippen LogP contribution is -2.39. The molecular formula is C30H20F3N7O4S. The van der Waals surface area contributed by atoms with Crippen molar-refractivity contribution in [2.75, 3.05) is 4.47 Å². The molecule has 0 saturated heterocycles. The zero-order valence-electron chi connectivity index (χ0n) is 22.9. The van der Waals surface area contributed by atoms with Crippen LogP contribution in [0.3, 0.4) is 0 Å². The largest absolute Gasteiger partial charge is 0.493 e. The fourth-order valence-corrected chi connectivity index (χ4v) is 6.20. The lowest BCUT2D eigenvalue weighted by molar-refractivity contribution is -0.199. The molecule has 0 aliphatic carbocycles. The Kier molecular flexibility index (Phi) is 7.43. The number of hydrogen-bond acceptors (Lipinski definition) is 8. The van der Waals surface area contributed by atoms with E-state index in [0.29, 0.717) is 27.9 Å². The van der Waals surface area contributed by atoms with Gasteiger partial charge in [-0.2, -0.15) is 31.9 Å². The minimum Gasteiger partial charge on any atom is -0.346 e. The highest BCUT2D eigenvalue weighted by Crippen LogP contribution is 2.34. The molecule has 0 amide bonds. The highest BCUT2D eigenvalue weighted by atomic mass is 32.2. The van der Waals surface area contributed by atoms with Crippen molar-refractivity contribution in [3.63, 3.8) is 0 Å². The summed E-state index contributed by atoms with van der Waals surface area (Å²) in [5.74, 6) is -2.72. The maximum absolute atomic E-state index is 14.0. The lowest BCUT2D eigenvalue weighted by Gasteiger charge is -2.25. The quantitative estimate of drug-likeness (QED) is 0.211. The van der Waals surface area contributed by atoms with Crippen molar-refractivity contribution in [3.8, 4) is 17.3 Å². The summed E-state index contributed by atoms with van der Waals surface area (Å²) in [5, 5.41) is 15.5. The van der Waals surface area contributed by atoms with Gasteiger partial charge in [0, 0.05) is 28.7 Å². The molecule has 1 unspecified atom stereocenters. The number of fused-ring (bicyclic) bond motifs is 2. The molecule has 0 saturated carbocycles. The van der Waals surface area contributed by atoms with Crippen LogP contribution in [0.25, 0.3) is 33.1 Å². The van der Waals surface area contributed by atoms with Crippen LogP contribution in [0.4, 0.5) is 18.9 Å². The van der Waals surface area contributed by atoms with Crippen LogP contribution >= 0.6 is 0 Å². The molecular weight excluding hydrogens is 611 g/mol. The molecule has 3 aromatic carbocycles. The smallest absolute Gasteiger partial charge is 0.346 e. The van der Waals surface area contributed by atoms with E-state index in [0.717, 1.165) is 11.5 Å². The third-order valence-electron chi connectivity index (χ3n) is 6.95. The fraction of sp³-hybridized carbons (Fsp3) is 0.100. The van der Waals surface area contributed by atoms with Crippen molar-refractivity contribution in [2.24, 2.45) is 0 Å². The Hall–Kier alpha value is -5.75. The Morgan fingerprint density at radius 1 is 1.04 bits per heavy atom. The Morgan fingerprint density at radius 3 is 2.62 bits per heavy atom. The molecule has 11 nitrogen and oxygen atoms in total. The van der Waals surface area contributed by atoms with Gasteiger partial charge in [-0.15, -0.1) is 0 Å². The Balaban J connectivity index is 1.42. The summed E-state index contributed by atoms with van der Waals surface area (Å²) in [6, 6.07) is 19.0. The minimum atomic E-state index is -5.48. The van der Waals surface area contributed by atoms with Crippen molar-refractivity contribution in [1.29, 1.82) is 5.26 Å². The molecule has 0 aliphatic rings. The molecule has 6 aromatic rings. The van der Waals surface area contributed by atoms with E-state index < -0.39 is 33.1 Å². The summed E-state index contributed by atoms with van der Waals surface area (Å²) in [7, 11) is -4.95. The number of carbonyl (C=O) groups is 1. The number of nitrogens with one attached hydrogen (secondary N) is 1. The van der Waals surface area contributed by atoms with Crippen LogP contribution in [0.15, 0.2) is 103 Å². The standard InChI is InChI=1S/C30H20F3N7O4S/c31-30(32,33)29(41)44-40(26-10-4-6-19-5-1-2-9-23(19)26)45(42,43)22-8-3-7-20(15-22)25(11-13-34)39-17-21(16-38-39)27-24-12-14-35-28(24)37-18-36-27/h1-10,12,14-18,25H,11H2,(H,35,36,37). The molecule has 226 valence electrons. The number of sulfonamides is 1. The van der Waals surface area contributed by atoms with Crippen LogP contribution in [-0.4, -0.2) is 45.3 Å².